The van der Waals surface area contributed by atoms with Crippen LogP contribution in [0.15, 0.2) is 30.6 Å². The Bertz CT molecular complexity index is 427. The predicted octanol–water partition coefficient (Wildman–Crippen LogP) is 1.79. The van der Waals surface area contributed by atoms with E-state index < -0.39 is 0 Å². The van der Waals surface area contributed by atoms with Gasteiger partial charge in [0.15, 0.2) is 0 Å². The minimum Gasteiger partial charge on any atom is -0.390 e. The molecular formula is C10H11BrN2O. The molecule has 14 heavy (non-hydrogen) atoms. The van der Waals surface area contributed by atoms with E-state index in [2.05, 4.69) is 20.9 Å². The first-order valence-corrected chi connectivity index (χ1v) is 5.57. The first kappa shape index (κ1) is 9.68. The number of aliphatic hydroxyl groups is 1. The molecule has 74 valence electrons. The van der Waals surface area contributed by atoms with Gasteiger partial charge in [0.2, 0.25) is 0 Å². The first-order valence-electron chi connectivity index (χ1n) is 4.45. The van der Waals surface area contributed by atoms with Crippen molar-refractivity contribution in [2.45, 2.75) is 12.6 Å². The van der Waals surface area contributed by atoms with Gasteiger partial charge in [-0.05, 0) is 12.1 Å². The average molecular weight is 255 g/mol. The molecule has 2 aromatic rings. The quantitative estimate of drug-likeness (QED) is 0.849. The van der Waals surface area contributed by atoms with E-state index in [1.807, 2.05) is 28.8 Å². The monoisotopic (exact) mass is 254 g/mol. The largest absolute Gasteiger partial charge is 0.390 e. The van der Waals surface area contributed by atoms with Gasteiger partial charge in [-0.1, -0.05) is 28.1 Å². The number of rotatable bonds is 3. The van der Waals surface area contributed by atoms with E-state index in [1.54, 1.807) is 6.33 Å². The molecule has 1 heterocycles. The molecule has 0 fully saturated rings. The predicted molar refractivity (Wildman–Crippen MR) is 59.5 cm³/mol. The summed E-state index contributed by atoms with van der Waals surface area (Å²) in [6.07, 6.45) is 1.39. The Kier molecular flexibility index (Phi) is 2.84. The Balaban J connectivity index is 2.33. The van der Waals surface area contributed by atoms with Crippen molar-refractivity contribution in [3.63, 3.8) is 0 Å². The molecule has 0 saturated carbocycles. The molecular weight excluding hydrogens is 244 g/mol. The molecule has 0 radical (unpaired) electrons. The number of imidazole rings is 1. The van der Waals surface area contributed by atoms with Crippen LogP contribution in [0.3, 0.4) is 0 Å². The fraction of sp³-hybridized carbons (Fsp3) is 0.300. The molecule has 0 aliphatic heterocycles. The van der Waals surface area contributed by atoms with Crippen molar-refractivity contribution in [1.82, 2.24) is 9.55 Å². The highest BCUT2D eigenvalue weighted by atomic mass is 79.9. The van der Waals surface area contributed by atoms with Gasteiger partial charge in [-0.3, -0.25) is 0 Å². The highest BCUT2D eigenvalue weighted by molar-refractivity contribution is 9.09. The lowest BCUT2D eigenvalue weighted by molar-refractivity contribution is 0.181. The summed E-state index contributed by atoms with van der Waals surface area (Å²) in [5.41, 5.74) is 2.03. The molecule has 4 heteroatoms. The number of aromatic nitrogens is 2. The fourth-order valence-electron chi connectivity index (χ4n) is 1.43. The van der Waals surface area contributed by atoms with Crippen LogP contribution in [0.4, 0.5) is 0 Å². The summed E-state index contributed by atoms with van der Waals surface area (Å²) in [5, 5.41) is 10.1. The number of aliphatic hydroxyl groups excluding tert-OH is 1. The highest BCUT2D eigenvalue weighted by Crippen LogP contribution is 2.12. The Labute approximate surface area is 90.5 Å². The standard InChI is InChI=1S/C10H11BrN2O/c11-5-8(14)6-13-7-12-9-3-1-2-4-10(9)13/h1-4,7-8,14H,5-6H2. The number of hydrogen-bond donors (Lipinski definition) is 1. The van der Waals surface area contributed by atoms with Crippen molar-refractivity contribution in [1.29, 1.82) is 0 Å². The summed E-state index contributed by atoms with van der Waals surface area (Å²) in [5.74, 6) is 0. The third kappa shape index (κ3) is 1.81. The van der Waals surface area contributed by atoms with E-state index in [9.17, 15) is 5.11 Å². The summed E-state index contributed by atoms with van der Waals surface area (Å²) < 4.78 is 1.96. The molecule has 0 aliphatic rings. The van der Waals surface area contributed by atoms with Crippen molar-refractivity contribution < 1.29 is 5.11 Å². The van der Waals surface area contributed by atoms with Crippen LogP contribution in [0.5, 0.6) is 0 Å². The van der Waals surface area contributed by atoms with Crippen molar-refractivity contribution in [3.05, 3.63) is 30.6 Å². The van der Waals surface area contributed by atoms with Gasteiger partial charge in [0.05, 0.1) is 30.0 Å². The van der Waals surface area contributed by atoms with Crippen LogP contribution in [-0.2, 0) is 6.54 Å². The van der Waals surface area contributed by atoms with Crippen LogP contribution in [-0.4, -0.2) is 26.1 Å². The maximum atomic E-state index is 9.49. The van der Waals surface area contributed by atoms with Gasteiger partial charge in [-0.25, -0.2) is 4.98 Å². The number of halogens is 1. The topological polar surface area (TPSA) is 38.0 Å². The van der Waals surface area contributed by atoms with Crippen molar-refractivity contribution >= 4 is 27.0 Å². The van der Waals surface area contributed by atoms with E-state index >= 15 is 0 Å². The lowest BCUT2D eigenvalue weighted by Gasteiger charge is -2.08. The van der Waals surface area contributed by atoms with Gasteiger partial charge in [-0.2, -0.15) is 0 Å². The van der Waals surface area contributed by atoms with Crippen molar-refractivity contribution in [3.8, 4) is 0 Å². The fourth-order valence-corrected chi connectivity index (χ4v) is 1.64. The Morgan fingerprint density at radius 1 is 1.43 bits per heavy atom. The van der Waals surface area contributed by atoms with Gasteiger partial charge >= 0.3 is 0 Å². The number of benzene rings is 1. The lowest BCUT2D eigenvalue weighted by atomic mass is 10.3. The Hall–Kier alpha value is -0.870. The van der Waals surface area contributed by atoms with Gasteiger partial charge in [0.25, 0.3) is 0 Å². The van der Waals surface area contributed by atoms with E-state index in [-0.39, 0.29) is 6.10 Å². The summed E-state index contributed by atoms with van der Waals surface area (Å²) in [4.78, 5) is 4.24. The van der Waals surface area contributed by atoms with Crippen LogP contribution in [0.2, 0.25) is 0 Å². The molecule has 1 atom stereocenters. The minimum atomic E-state index is -0.368. The van der Waals surface area contributed by atoms with E-state index in [0.29, 0.717) is 11.9 Å². The van der Waals surface area contributed by atoms with Crippen LogP contribution in [0.1, 0.15) is 0 Å². The molecule has 1 N–H and O–H groups in total. The second-order valence-corrected chi connectivity index (χ2v) is 3.84. The third-order valence-electron chi connectivity index (χ3n) is 2.11. The normalized spacial score (nSPS) is 13.3. The molecule has 0 amide bonds. The highest BCUT2D eigenvalue weighted by Gasteiger charge is 2.06. The molecule has 1 unspecified atom stereocenters. The summed E-state index contributed by atoms with van der Waals surface area (Å²) in [6.45, 7) is 0.575. The van der Waals surface area contributed by atoms with Gasteiger partial charge in [-0.15, -0.1) is 0 Å². The number of hydrogen-bond acceptors (Lipinski definition) is 2. The molecule has 3 nitrogen and oxygen atoms in total. The smallest absolute Gasteiger partial charge is 0.0959 e. The number of alkyl halides is 1. The van der Waals surface area contributed by atoms with Gasteiger partial charge < -0.3 is 9.67 Å². The van der Waals surface area contributed by atoms with Crippen LogP contribution >= 0.6 is 15.9 Å². The summed E-state index contributed by atoms with van der Waals surface area (Å²) in [7, 11) is 0. The molecule has 1 aromatic heterocycles. The SMILES string of the molecule is OC(CBr)Cn1cnc2ccccc21. The Morgan fingerprint density at radius 3 is 3.00 bits per heavy atom. The molecule has 0 bridgehead atoms. The maximum Gasteiger partial charge on any atom is 0.0959 e. The second kappa shape index (κ2) is 4.11. The Morgan fingerprint density at radius 2 is 2.21 bits per heavy atom. The third-order valence-corrected chi connectivity index (χ3v) is 2.86. The lowest BCUT2D eigenvalue weighted by Crippen LogP contribution is -2.16. The van der Waals surface area contributed by atoms with E-state index in [1.165, 1.54) is 0 Å². The van der Waals surface area contributed by atoms with Crippen LogP contribution in [0.25, 0.3) is 11.0 Å². The molecule has 0 aliphatic carbocycles. The maximum absolute atomic E-state index is 9.49. The zero-order chi connectivity index (χ0) is 9.97. The second-order valence-electron chi connectivity index (χ2n) is 3.19. The molecule has 0 saturated heterocycles. The van der Waals surface area contributed by atoms with Crippen molar-refractivity contribution in [2.24, 2.45) is 0 Å². The molecule has 1 aromatic carbocycles. The number of nitrogens with zero attached hydrogens (tertiary/aromatic N) is 2. The first-order chi connectivity index (χ1) is 6.81. The van der Waals surface area contributed by atoms with Crippen molar-refractivity contribution in [2.75, 3.05) is 5.33 Å². The van der Waals surface area contributed by atoms with E-state index in [0.717, 1.165) is 11.0 Å². The summed E-state index contributed by atoms with van der Waals surface area (Å²) in [6, 6.07) is 7.90. The molecule has 2 rings (SSSR count). The zero-order valence-corrected chi connectivity index (χ0v) is 9.18. The number of fused-ring (bicyclic) bond motifs is 1. The number of para-hydroxylation sites is 2. The van der Waals surface area contributed by atoms with E-state index in [4.69, 9.17) is 0 Å². The summed E-state index contributed by atoms with van der Waals surface area (Å²) >= 11 is 3.24. The average Bonchev–Trinajstić information content (AvgIpc) is 2.62. The van der Waals surface area contributed by atoms with Crippen LogP contribution in [0, 0.1) is 0 Å². The molecule has 0 spiro atoms. The van der Waals surface area contributed by atoms with Gasteiger partial charge in [0.1, 0.15) is 0 Å². The minimum absolute atomic E-state index is 0.368. The van der Waals surface area contributed by atoms with Gasteiger partial charge in [0, 0.05) is 5.33 Å². The zero-order valence-electron chi connectivity index (χ0n) is 7.60. The van der Waals surface area contributed by atoms with Crippen LogP contribution < -0.4 is 0 Å².